The predicted molar refractivity (Wildman–Crippen MR) is 48.1 cm³/mol. The van der Waals surface area contributed by atoms with Gasteiger partial charge in [0.2, 0.25) is 0 Å². The van der Waals surface area contributed by atoms with Crippen molar-refractivity contribution in [3.8, 4) is 0 Å². The van der Waals surface area contributed by atoms with E-state index in [0.717, 1.165) is 6.54 Å². The van der Waals surface area contributed by atoms with Crippen molar-refractivity contribution in [1.29, 1.82) is 0 Å². The van der Waals surface area contributed by atoms with Crippen LogP contribution < -0.4 is 5.32 Å². The molecule has 0 radical (unpaired) electrons. The minimum atomic E-state index is 0.672. The van der Waals surface area contributed by atoms with Crippen molar-refractivity contribution < 1.29 is 0 Å². The summed E-state index contributed by atoms with van der Waals surface area (Å²) in [5, 5.41) is 3.41. The monoisotopic (exact) mass is 165 g/mol. The van der Waals surface area contributed by atoms with E-state index in [2.05, 4.69) is 21.9 Å². The first-order valence-corrected chi connectivity index (χ1v) is 4.55. The second-order valence-corrected chi connectivity index (χ2v) is 3.47. The van der Waals surface area contributed by atoms with Crippen molar-refractivity contribution in [1.82, 2.24) is 14.9 Å². The molecule has 1 aromatic heterocycles. The van der Waals surface area contributed by atoms with Gasteiger partial charge in [-0.1, -0.05) is 0 Å². The molecule has 66 valence electrons. The topological polar surface area (TPSA) is 29.9 Å². The van der Waals surface area contributed by atoms with Gasteiger partial charge < -0.3 is 9.88 Å². The fraction of sp³-hybridized carbons (Fsp3) is 0.667. The van der Waals surface area contributed by atoms with Crippen LogP contribution in [0.5, 0.6) is 0 Å². The Morgan fingerprint density at radius 2 is 2.58 bits per heavy atom. The van der Waals surface area contributed by atoms with E-state index in [4.69, 9.17) is 0 Å². The molecule has 1 fully saturated rings. The number of nitrogens with zero attached hydrogens (tertiary/aromatic N) is 2. The van der Waals surface area contributed by atoms with Gasteiger partial charge in [0.25, 0.3) is 0 Å². The van der Waals surface area contributed by atoms with Crippen LogP contribution in [0.2, 0.25) is 0 Å². The second-order valence-electron chi connectivity index (χ2n) is 3.47. The van der Waals surface area contributed by atoms with Gasteiger partial charge in [0, 0.05) is 31.4 Å². The number of aromatic nitrogens is 2. The zero-order valence-electron chi connectivity index (χ0n) is 7.45. The number of aryl methyl sites for hydroxylation is 1. The first kappa shape index (κ1) is 7.80. The number of piperidine rings is 1. The van der Waals surface area contributed by atoms with E-state index in [9.17, 15) is 0 Å². The molecule has 1 saturated heterocycles. The van der Waals surface area contributed by atoms with Crippen molar-refractivity contribution in [2.45, 2.75) is 18.8 Å². The molecule has 1 N–H and O–H groups in total. The average Bonchev–Trinajstić information content (AvgIpc) is 2.53. The SMILES string of the molecule is Cn1cncc1C1CCCNC1. The lowest BCUT2D eigenvalue weighted by atomic mass is 9.97. The zero-order valence-corrected chi connectivity index (χ0v) is 7.45. The van der Waals surface area contributed by atoms with Crippen LogP contribution in [0.3, 0.4) is 0 Å². The van der Waals surface area contributed by atoms with Gasteiger partial charge >= 0.3 is 0 Å². The third-order valence-corrected chi connectivity index (χ3v) is 2.57. The first-order valence-electron chi connectivity index (χ1n) is 4.55. The minimum Gasteiger partial charge on any atom is -0.337 e. The summed E-state index contributed by atoms with van der Waals surface area (Å²) < 4.78 is 2.12. The molecule has 3 nitrogen and oxygen atoms in total. The van der Waals surface area contributed by atoms with E-state index in [1.807, 2.05) is 12.5 Å². The largest absolute Gasteiger partial charge is 0.337 e. The maximum Gasteiger partial charge on any atom is 0.0945 e. The van der Waals surface area contributed by atoms with Gasteiger partial charge in [0.1, 0.15) is 0 Å². The summed E-state index contributed by atoms with van der Waals surface area (Å²) in [4.78, 5) is 4.13. The molecule has 3 heteroatoms. The Labute approximate surface area is 72.8 Å². The van der Waals surface area contributed by atoms with Crippen LogP contribution in [-0.4, -0.2) is 22.6 Å². The summed E-state index contributed by atoms with van der Waals surface area (Å²) >= 11 is 0. The van der Waals surface area contributed by atoms with Gasteiger partial charge in [0.15, 0.2) is 0 Å². The maximum atomic E-state index is 4.13. The Kier molecular flexibility index (Phi) is 2.13. The van der Waals surface area contributed by atoms with Gasteiger partial charge in [0.05, 0.1) is 6.33 Å². The standard InChI is InChI=1S/C9H15N3/c1-12-7-11-6-9(12)8-3-2-4-10-5-8/h6-8,10H,2-5H2,1H3. The summed E-state index contributed by atoms with van der Waals surface area (Å²) in [6.07, 6.45) is 6.45. The van der Waals surface area contributed by atoms with Gasteiger partial charge in [-0.3, -0.25) is 0 Å². The van der Waals surface area contributed by atoms with Crippen molar-refractivity contribution in [2.24, 2.45) is 7.05 Å². The van der Waals surface area contributed by atoms with E-state index in [-0.39, 0.29) is 0 Å². The summed E-state index contributed by atoms with van der Waals surface area (Å²) in [6.45, 7) is 2.29. The molecule has 0 aromatic carbocycles. The summed E-state index contributed by atoms with van der Waals surface area (Å²) in [5.74, 6) is 0.672. The normalized spacial score (nSPS) is 24.2. The molecule has 2 rings (SSSR count). The fourth-order valence-corrected chi connectivity index (χ4v) is 1.87. The molecule has 1 unspecified atom stereocenters. The molecule has 2 heterocycles. The van der Waals surface area contributed by atoms with E-state index in [1.165, 1.54) is 25.1 Å². The van der Waals surface area contributed by atoms with Crippen LogP contribution in [0.25, 0.3) is 0 Å². The molecular formula is C9H15N3. The van der Waals surface area contributed by atoms with Crippen molar-refractivity contribution in [3.63, 3.8) is 0 Å². The average molecular weight is 165 g/mol. The molecule has 1 atom stereocenters. The number of rotatable bonds is 1. The fourth-order valence-electron chi connectivity index (χ4n) is 1.87. The van der Waals surface area contributed by atoms with Crippen LogP contribution in [-0.2, 0) is 7.05 Å². The van der Waals surface area contributed by atoms with Gasteiger partial charge in [-0.25, -0.2) is 4.98 Å². The van der Waals surface area contributed by atoms with Crippen LogP contribution in [0.1, 0.15) is 24.5 Å². The van der Waals surface area contributed by atoms with Gasteiger partial charge in [-0.2, -0.15) is 0 Å². The molecule has 1 aliphatic rings. The van der Waals surface area contributed by atoms with Crippen LogP contribution in [0.15, 0.2) is 12.5 Å². The second kappa shape index (κ2) is 3.27. The maximum absolute atomic E-state index is 4.13. The van der Waals surface area contributed by atoms with Crippen molar-refractivity contribution >= 4 is 0 Å². The van der Waals surface area contributed by atoms with E-state index in [0.29, 0.717) is 5.92 Å². The molecule has 0 aliphatic carbocycles. The predicted octanol–water partition coefficient (Wildman–Crippen LogP) is 0.887. The van der Waals surface area contributed by atoms with Crippen molar-refractivity contribution in [3.05, 3.63) is 18.2 Å². The minimum absolute atomic E-state index is 0.672. The van der Waals surface area contributed by atoms with Gasteiger partial charge in [-0.15, -0.1) is 0 Å². The highest BCUT2D eigenvalue weighted by molar-refractivity contribution is 5.07. The Morgan fingerprint density at radius 1 is 1.67 bits per heavy atom. The van der Waals surface area contributed by atoms with Crippen LogP contribution in [0.4, 0.5) is 0 Å². The molecule has 12 heavy (non-hydrogen) atoms. The third-order valence-electron chi connectivity index (χ3n) is 2.57. The quantitative estimate of drug-likeness (QED) is 0.669. The third kappa shape index (κ3) is 1.37. The number of nitrogens with one attached hydrogen (secondary N) is 1. The highest BCUT2D eigenvalue weighted by atomic mass is 15.0. The lowest BCUT2D eigenvalue weighted by Gasteiger charge is -2.22. The lowest BCUT2D eigenvalue weighted by molar-refractivity contribution is 0.447. The highest BCUT2D eigenvalue weighted by Crippen LogP contribution is 2.21. The smallest absolute Gasteiger partial charge is 0.0945 e. The van der Waals surface area contributed by atoms with E-state index < -0.39 is 0 Å². The Balaban J connectivity index is 2.13. The zero-order chi connectivity index (χ0) is 8.39. The summed E-state index contributed by atoms with van der Waals surface area (Å²) in [5.41, 5.74) is 1.36. The number of hydrogen-bond acceptors (Lipinski definition) is 2. The Bertz CT molecular complexity index is 248. The molecule has 1 aliphatic heterocycles. The van der Waals surface area contributed by atoms with Gasteiger partial charge in [-0.05, 0) is 19.4 Å². The summed E-state index contributed by atoms with van der Waals surface area (Å²) in [6, 6.07) is 0. The van der Waals surface area contributed by atoms with Crippen molar-refractivity contribution in [2.75, 3.05) is 13.1 Å². The molecule has 1 aromatic rings. The first-order chi connectivity index (χ1) is 5.88. The van der Waals surface area contributed by atoms with E-state index in [1.54, 1.807) is 0 Å². The summed E-state index contributed by atoms with van der Waals surface area (Å²) in [7, 11) is 2.07. The van der Waals surface area contributed by atoms with Crippen LogP contribution >= 0.6 is 0 Å². The molecule has 0 spiro atoms. The molecule has 0 saturated carbocycles. The molecule has 0 amide bonds. The lowest BCUT2D eigenvalue weighted by Crippen LogP contribution is -2.29. The Morgan fingerprint density at radius 3 is 3.17 bits per heavy atom. The number of imidazole rings is 1. The highest BCUT2D eigenvalue weighted by Gasteiger charge is 2.17. The number of hydrogen-bond donors (Lipinski definition) is 1. The molecule has 0 bridgehead atoms. The van der Waals surface area contributed by atoms with Crippen LogP contribution in [0, 0.1) is 0 Å². The Hall–Kier alpha value is -0.830. The molecular weight excluding hydrogens is 150 g/mol. The van der Waals surface area contributed by atoms with E-state index >= 15 is 0 Å².